The van der Waals surface area contributed by atoms with Gasteiger partial charge >= 0.3 is 5.82 Å². The summed E-state index contributed by atoms with van der Waals surface area (Å²) < 4.78 is 4.56. The van der Waals surface area contributed by atoms with Gasteiger partial charge in [0.1, 0.15) is 0 Å². The lowest BCUT2D eigenvalue weighted by Crippen LogP contribution is -2.48. The minimum Gasteiger partial charge on any atom is -0.143 e. The van der Waals surface area contributed by atoms with Crippen LogP contribution in [0.25, 0.3) is 5.82 Å². The number of hydrogen-bond donors (Lipinski definition) is 0. The summed E-state index contributed by atoms with van der Waals surface area (Å²) in [5.74, 6) is 1.24. The van der Waals surface area contributed by atoms with Gasteiger partial charge in [-0.25, -0.2) is 0 Å². The summed E-state index contributed by atoms with van der Waals surface area (Å²) in [5.41, 5.74) is 0. The molecular weight excluding hydrogens is 292 g/mol. The van der Waals surface area contributed by atoms with Crippen molar-refractivity contribution in [3.05, 3.63) is 55.0 Å². The van der Waals surface area contributed by atoms with Crippen LogP contribution < -0.4 is 9.13 Å². The highest BCUT2D eigenvalue weighted by molar-refractivity contribution is 5.03. The van der Waals surface area contributed by atoms with Gasteiger partial charge in [0.15, 0.2) is 25.1 Å². The predicted molar refractivity (Wildman–Crippen MR) is 100 cm³/mol. The maximum absolute atomic E-state index is 2.37. The second kappa shape index (κ2) is 11.8. The second-order valence-electron chi connectivity index (χ2n) is 6.72. The van der Waals surface area contributed by atoms with E-state index < -0.39 is 0 Å². The quantitative estimate of drug-likeness (QED) is 0.375. The van der Waals surface area contributed by atoms with Crippen molar-refractivity contribution in [1.82, 2.24) is 0 Å². The molecule has 0 aromatic carbocycles. The lowest BCUT2D eigenvalue weighted by Gasteiger charge is -2.02. The molecule has 2 aromatic rings. The van der Waals surface area contributed by atoms with E-state index in [1.54, 1.807) is 0 Å². The number of hydrogen-bond acceptors (Lipinski definition) is 0. The Morgan fingerprint density at radius 2 is 1.21 bits per heavy atom. The van der Waals surface area contributed by atoms with E-state index in [9.17, 15) is 0 Å². The van der Waals surface area contributed by atoms with E-state index in [2.05, 4.69) is 71.0 Å². The SMILES string of the molecule is CCCCCCCCCCCC[n+]1ccccc1-[n+]1ccccc1. The van der Waals surface area contributed by atoms with E-state index in [0.717, 1.165) is 6.54 Å². The summed E-state index contributed by atoms with van der Waals surface area (Å²) in [7, 11) is 0. The molecule has 24 heavy (non-hydrogen) atoms. The highest BCUT2D eigenvalue weighted by Crippen LogP contribution is 2.10. The fourth-order valence-corrected chi connectivity index (χ4v) is 3.21. The number of aryl methyl sites for hydroxylation is 1. The standard InChI is InChI=1S/C22H34N2/c1-2-3-4-5-6-7-8-9-10-13-18-24-21-16-12-17-22(24)23-19-14-11-15-20-23/h11-12,14-17,19-21H,2-10,13,18H2,1H3/q+2. The molecule has 0 fully saturated rings. The van der Waals surface area contributed by atoms with E-state index in [1.165, 1.54) is 70.0 Å². The minimum atomic E-state index is 1.11. The number of rotatable bonds is 12. The molecule has 130 valence electrons. The fourth-order valence-electron chi connectivity index (χ4n) is 3.21. The van der Waals surface area contributed by atoms with Crippen molar-refractivity contribution in [2.75, 3.05) is 0 Å². The molecule has 0 spiro atoms. The first-order chi connectivity index (χ1) is 11.9. The maximum Gasteiger partial charge on any atom is 0.449 e. The van der Waals surface area contributed by atoms with E-state index >= 15 is 0 Å². The average molecular weight is 327 g/mol. The van der Waals surface area contributed by atoms with Gasteiger partial charge in [0.2, 0.25) is 0 Å². The summed E-state index contributed by atoms with van der Waals surface area (Å²) in [6.45, 7) is 3.39. The van der Waals surface area contributed by atoms with Gasteiger partial charge in [-0.15, -0.1) is 9.13 Å². The van der Waals surface area contributed by atoms with Crippen LogP contribution in [0.15, 0.2) is 55.0 Å². The Balaban J connectivity index is 1.65. The first-order valence-electron chi connectivity index (χ1n) is 9.87. The van der Waals surface area contributed by atoms with E-state index in [0.29, 0.717) is 0 Å². The van der Waals surface area contributed by atoms with Gasteiger partial charge in [0.25, 0.3) is 0 Å². The lowest BCUT2D eigenvalue weighted by atomic mass is 10.1. The highest BCUT2D eigenvalue weighted by atomic mass is 15.1. The van der Waals surface area contributed by atoms with Crippen LogP contribution in [0, 0.1) is 0 Å². The number of unbranched alkanes of at least 4 members (excludes halogenated alkanes) is 9. The van der Waals surface area contributed by atoms with Crippen LogP contribution in [-0.2, 0) is 6.54 Å². The van der Waals surface area contributed by atoms with Crippen molar-refractivity contribution in [3.8, 4) is 5.82 Å². The molecule has 2 nitrogen and oxygen atoms in total. The summed E-state index contributed by atoms with van der Waals surface area (Å²) in [6, 6.07) is 12.7. The zero-order chi connectivity index (χ0) is 16.9. The Kier molecular flexibility index (Phi) is 9.15. The molecule has 0 saturated heterocycles. The van der Waals surface area contributed by atoms with Crippen molar-refractivity contribution >= 4 is 0 Å². The van der Waals surface area contributed by atoms with E-state index in [-0.39, 0.29) is 0 Å². The van der Waals surface area contributed by atoms with Crippen molar-refractivity contribution in [3.63, 3.8) is 0 Å². The molecule has 0 aliphatic rings. The average Bonchev–Trinajstić information content (AvgIpc) is 2.64. The van der Waals surface area contributed by atoms with Gasteiger partial charge in [-0.3, -0.25) is 0 Å². The Labute approximate surface area is 148 Å². The Morgan fingerprint density at radius 1 is 0.625 bits per heavy atom. The maximum atomic E-state index is 2.37. The third-order valence-electron chi connectivity index (χ3n) is 4.65. The molecule has 0 amide bonds. The zero-order valence-electron chi connectivity index (χ0n) is 15.4. The molecule has 0 unspecified atom stereocenters. The molecule has 0 aliphatic heterocycles. The molecule has 2 rings (SSSR count). The van der Waals surface area contributed by atoms with Crippen molar-refractivity contribution < 1.29 is 9.13 Å². The largest absolute Gasteiger partial charge is 0.449 e. The summed E-state index contributed by atoms with van der Waals surface area (Å²) >= 11 is 0. The van der Waals surface area contributed by atoms with Crippen LogP contribution in [0.3, 0.4) is 0 Å². The molecule has 0 aliphatic carbocycles. The molecule has 0 atom stereocenters. The normalized spacial score (nSPS) is 10.9. The van der Waals surface area contributed by atoms with Crippen LogP contribution in [0.1, 0.15) is 71.1 Å². The molecular formula is C22H34N2+2. The molecule has 0 radical (unpaired) electrons. The molecule has 0 N–H and O–H groups in total. The fraction of sp³-hybridized carbons (Fsp3) is 0.545. The van der Waals surface area contributed by atoms with Gasteiger partial charge in [-0.2, -0.15) is 0 Å². The molecule has 2 heterocycles. The van der Waals surface area contributed by atoms with Crippen molar-refractivity contribution in [1.29, 1.82) is 0 Å². The number of nitrogens with zero attached hydrogens (tertiary/aromatic N) is 2. The van der Waals surface area contributed by atoms with Crippen molar-refractivity contribution in [2.24, 2.45) is 0 Å². The monoisotopic (exact) mass is 326 g/mol. The summed E-state index contributed by atoms with van der Waals surface area (Å²) in [4.78, 5) is 0. The van der Waals surface area contributed by atoms with E-state index in [4.69, 9.17) is 0 Å². The van der Waals surface area contributed by atoms with Gasteiger partial charge < -0.3 is 0 Å². The molecule has 0 bridgehead atoms. The Morgan fingerprint density at radius 3 is 1.88 bits per heavy atom. The first-order valence-corrected chi connectivity index (χ1v) is 9.87. The topological polar surface area (TPSA) is 7.76 Å². The second-order valence-corrected chi connectivity index (χ2v) is 6.72. The van der Waals surface area contributed by atoms with Crippen LogP contribution in [0.5, 0.6) is 0 Å². The number of pyridine rings is 2. The zero-order valence-corrected chi connectivity index (χ0v) is 15.4. The van der Waals surface area contributed by atoms with Crippen LogP contribution in [0.2, 0.25) is 0 Å². The predicted octanol–water partition coefficient (Wildman–Crippen LogP) is 5.17. The smallest absolute Gasteiger partial charge is 0.143 e. The molecule has 0 saturated carbocycles. The molecule has 2 heteroatoms. The summed E-state index contributed by atoms with van der Waals surface area (Å²) in [6.07, 6.45) is 20.3. The van der Waals surface area contributed by atoms with E-state index in [1.807, 2.05) is 0 Å². The Bertz CT molecular complexity index is 551. The number of aromatic nitrogens is 2. The van der Waals surface area contributed by atoms with Gasteiger partial charge in [0, 0.05) is 24.6 Å². The lowest BCUT2D eigenvalue weighted by molar-refractivity contribution is -0.792. The minimum absolute atomic E-state index is 1.11. The van der Waals surface area contributed by atoms with Crippen LogP contribution >= 0.6 is 0 Å². The Hall–Kier alpha value is -1.70. The van der Waals surface area contributed by atoms with Gasteiger partial charge in [-0.05, 0) is 12.5 Å². The third-order valence-corrected chi connectivity index (χ3v) is 4.65. The van der Waals surface area contributed by atoms with Crippen molar-refractivity contribution in [2.45, 2.75) is 77.7 Å². The highest BCUT2D eigenvalue weighted by Gasteiger charge is 2.17. The van der Waals surface area contributed by atoms with Crippen LogP contribution in [0.4, 0.5) is 0 Å². The van der Waals surface area contributed by atoms with Gasteiger partial charge in [-0.1, -0.05) is 64.4 Å². The van der Waals surface area contributed by atoms with Crippen LogP contribution in [-0.4, -0.2) is 0 Å². The molecule has 2 aromatic heterocycles. The van der Waals surface area contributed by atoms with Gasteiger partial charge in [0.05, 0.1) is 6.07 Å². The first kappa shape index (κ1) is 18.6. The third kappa shape index (κ3) is 6.82. The summed E-state index contributed by atoms with van der Waals surface area (Å²) in [5, 5.41) is 0.